The van der Waals surface area contributed by atoms with E-state index in [9.17, 15) is 18.8 Å². The average molecular weight is 337 g/mol. The molecule has 0 aliphatic rings. The molecule has 0 unspecified atom stereocenters. The number of halogens is 1. The number of hydrogen-bond donors (Lipinski definition) is 2. The van der Waals surface area contributed by atoms with E-state index in [1.54, 1.807) is 20.8 Å². The molecule has 0 aliphatic heterocycles. The van der Waals surface area contributed by atoms with Crippen LogP contribution in [0.25, 0.3) is 0 Å². The first-order valence-corrected chi connectivity index (χ1v) is 7.62. The van der Waals surface area contributed by atoms with Crippen LogP contribution in [0.2, 0.25) is 0 Å². The Morgan fingerprint density at radius 2 is 1.92 bits per heavy atom. The van der Waals surface area contributed by atoms with Crippen molar-refractivity contribution in [3.8, 4) is 0 Å². The summed E-state index contributed by atoms with van der Waals surface area (Å²) < 4.78 is 13.4. The summed E-state index contributed by atoms with van der Waals surface area (Å²) in [5.74, 6) is -1.82. The van der Waals surface area contributed by atoms with Crippen LogP contribution in [-0.4, -0.2) is 36.2 Å². The molecule has 3 N–H and O–H groups in total. The number of primary amides is 1. The van der Waals surface area contributed by atoms with Gasteiger partial charge in [-0.3, -0.25) is 14.4 Å². The van der Waals surface area contributed by atoms with Crippen LogP contribution in [-0.2, 0) is 14.4 Å². The Balaban J connectivity index is 2.74. The van der Waals surface area contributed by atoms with Crippen molar-refractivity contribution in [2.45, 2.75) is 33.2 Å². The maximum absolute atomic E-state index is 13.4. The number of nitrogens with one attached hydrogen (secondary N) is 1. The first-order chi connectivity index (χ1) is 11.0. The summed E-state index contributed by atoms with van der Waals surface area (Å²) in [6.07, 6.45) is 0.0113. The molecule has 0 aromatic heterocycles. The standard InChI is InChI=1S/C17H24FN3O3/c1-17(2,3)16(24)20-9-8-13(22)21(4)14(15(19)23)11-6-5-7-12(18)10-11/h5-7,10,14H,8-9H2,1-4H3,(H2,19,23)(H,20,24)/t14-/m1/s1. The summed E-state index contributed by atoms with van der Waals surface area (Å²) in [6, 6.07) is 4.32. The van der Waals surface area contributed by atoms with E-state index in [0.717, 1.165) is 0 Å². The number of amides is 3. The zero-order valence-electron chi connectivity index (χ0n) is 14.4. The smallest absolute Gasteiger partial charge is 0.244 e. The van der Waals surface area contributed by atoms with Gasteiger partial charge in [-0.05, 0) is 17.7 Å². The van der Waals surface area contributed by atoms with Gasteiger partial charge in [-0.25, -0.2) is 4.39 Å². The lowest BCUT2D eigenvalue weighted by atomic mass is 9.96. The van der Waals surface area contributed by atoms with Crippen LogP contribution in [0.1, 0.15) is 38.8 Å². The summed E-state index contributed by atoms with van der Waals surface area (Å²) in [4.78, 5) is 36.9. The van der Waals surface area contributed by atoms with Gasteiger partial charge >= 0.3 is 0 Å². The Bertz CT molecular complexity index is 626. The van der Waals surface area contributed by atoms with E-state index >= 15 is 0 Å². The van der Waals surface area contributed by atoms with Crippen LogP contribution in [0.5, 0.6) is 0 Å². The number of nitrogens with two attached hydrogens (primary N) is 1. The highest BCUT2D eigenvalue weighted by Gasteiger charge is 2.27. The molecule has 132 valence electrons. The molecule has 0 spiro atoms. The number of nitrogens with zero attached hydrogens (tertiary/aromatic N) is 1. The molecule has 24 heavy (non-hydrogen) atoms. The van der Waals surface area contributed by atoms with Crippen molar-refractivity contribution in [1.82, 2.24) is 10.2 Å². The average Bonchev–Trinajstić information content (AvgIpc) is 2.45. The number of benzene rings is 1. The SMILES string of the molecule is CN(C(=O)CCNC(=O)C(C)(C)C)[C@@H](C(N)=O)c1cccc(F)c1. The molecule has 7 heteroatoms. The summed E-state index contributed by atoms with van der Waals surface area (Å²) >= 11 is 0. The lowest BCUT2D eigenvalue weighted by Crippen LogP contribution is -2.41. The largest absolute Gasteiger partial charge is 0.368 e. The predicted molar refractivity (Wildman–Crippen MR) is 88.2 cm³/mol. The molecule has 0 radical (unpaired) electrons. The molecule has 0 saturated carbocycles. The highest BCUT2D eigenvalue weighted by atomic mass is 19.1. The van der Waals surface area contributed by atoms with Gasteiger partial charge in [0, 0.05) is 25.4 Å². The second kappa shape index (κ2) is 7.90. The Morgan fingerprint density at radius 3 is 2.42 bits per heavy atom. The number of hydrogen-bond acceptors (Lipinski definition) is 3. The van der Waals surface area contributed by atoms with Gasteiger partial charge in [-0.2, -0.15) is 0 Å². The molecule has 1 aromatic rings. The van der Waals surface area contributed by atoms with Gasteiger partial charge in [-0.1, -0.05) is 32.9 Å². The fraction of sp³-hybridized carbons (Fsp3) is 0.471. The van der Waals surface area contributed by atoms with E-state index in [1.807, 2.05) is 0 Å². The predicted octanol–water partition coefficient (Wildman–Crippen LogP) is 1.36. The highest BCUT2D eigenvalue weighted by Crippen LogP contribution is 2.20. The van der Waals surface area contributed by atoms with E-state index in [1.165, 1.54) is 36.2 Å². The molecular weight excluding hydrogens is 313 g/mol. The molecule has 0 aliphatic carbocycles. The third kappa shape index (κ3) is 5.33. The van der Waals surface area contributed by atoms with E-state index in [2.05, 4.69) is 5.32 Å². The van der Waals surface area contributed by atoms with Gasteiger partial charge in [0.15, 0.2) is 0 Å². The van der Waals surface area contributed by atoms with Gasteiger partial charge in [0.2, 0.25) is 17.7 Å². The monoisotopic (exact) mass is 337 g/mol. The van der Waals surface area contributed by atoms with E-state index in [-0.39, 0.29) is 24.8 Å². The third-order valence-electron chi connectivity index (χ3n) is 3.52. The summed E-state index contributed by atoms with van der Waals surface area (Å²) in [6.45, 7) is 5.45. The minimum Gasteiger partial charge on any atom is -0.368 e. The second-order valence-electron chi connectivity index (χ2n) is 6.62. The molecule has 3 amide bonds. The maximum atomic E-state index is 13.4. The maximum Gasteiger partial charge on any atom is 0.244 e. The Labute approximate surface area is 141 Å². The lowest BCUT2D eigenvalue weighted by Gasteiger charge is -2.26. The third-order valence-corrected chi connectivity index (χ3v) is 3.52. The molecule has 0 bridgehead atoms. The minimum absolute atomic E-state index is 0.0113. The van der Waals surface area contributed by atoms with Crippen molar-refractivity contribution < 1.29 is 18.8 Å². The van der Waals surface area contributed by atoms with Gasteiger partial charge in [-0.15, -0.1) is 0 Å². The quantitative estimate of drug-likeness (QED) is 0.821. The molecule has 1 aromatic carbocycles. The molecule has 0 saturated heterocycles. The van der Waals surface area contributed by atoms with Crippen molar-refractivity contribution in [2.75, 3.05) is 13.6 Å². The van der Waals surface area contributed by atoms with Crippen LogP contribution in [0, 0.1) is 11.2 Å². The van der Waals surface area contributed by atoms with Gasteiger partial charge in [0.05, 0.1) is 0 Å². The Hall–Kier alpha value is -2.44. The molecule has 1 rings (SSSR count). The highest BCUT2D eigenvalue weighted by molar-refractivity contribution is 5.88. The molecular formula is C17H24FN3O3. The van der Waals surface area contributed by atoms with E-state index < -0.39 is 23.2 Å². The van der Waals surface area contributed by atoms with Crippen molar-refractivity contribution in [2.24, 2.45) is 11.1 Å². The number of rotatable bonds is 6. The van der Waals surface area contributed by atoms with Crippen molar-refractivity contribution >= 4 is 17.7 Å². The Kier molecular flexibility index (Phi) is 6.45. The first-order valence-electron chi connectivity index (χ1n) is 7.62. The molecule has 6 nitrogen and oxygen atoms in total. The van der Waals surface area contributed by atoms with Crippen molar-refractivity contribution in [1.29, 1.82) is 0 Å². The summed E-state index contributed by atoms with van der Waals surface area (Å²) in [7, 11) is 1.42. The zero-order chi connectivity index (χ0) is 18.5. The van der Waals surface area contributed by atoms with Crippen LogP contribution in [0.3, 0.4) is 0 Å². The van der Waals surface area contributed by atoms with Crippen LogP contribution in [0.15, 0.2) is 24.3 Å². The first kappa shape index (κ1) is 19.6. The number of carbonyl (C=O) groups excluding carboxylic acids is 3. The van der Waals surface area contributed by atoms with Gasteiger partial charge in [0.1, 0.15) is 11.9 Å². The van der Waals surface area contributed by atoms with Gasteiger partial charge in [0.25, 0.3) is 0 Å². The fourth-order valence-corrected chi connectivity index (χ4v) is 2.12. The number of carbonyl (C=O) groups is 3. The van der Waals surface area contributed by atoms with Crippen LogP contribution < -0.4 is 11.1 Å². The number of likely N-dealkylation sites (N-methyl/N-ethyl adjacent to an activating group) is 1. The Morgan fingerprint density at radius 1 is 1.29 bits per heavy atom. The topological polar surface area (TPSA) is 92.5 Å². The minimum atomic E-state index is -1.06. The summed E-state index contributed by atoms with van der Waals surface area (Å²) in [5, 5.41) is 2.66. The summed E-state index contributed by atoms with van der Waals surface area (Å²) in [5.41, 5.74) is 5.12. The normalized spacial score (nSPS) is 12.4. The molecule has 1 atom stereocenters. The molecule has 0 fully saturated rings. The van der Waals surface area contributed by atoms with Crippen molar-refractivity contribution in [3.63, 3.8) is 0 Å². The zero-order valence-corrected chi connectivity index (χ0v) is 14.4. The van der Waals surface area contributed by atoms with Gasteiger partial charge < -0.3 is 16.0 Å². The van der Waals surface area contributed by atoms with Crippen LogP contribution in [0.4, 0.5) is 4.39 Å². The van der Waals surface area contributed by atoms with Crippen LogP contribution >= 0.6 is 0 Å². The lowest BCUT2D eigenvalue weighted by molar-refractivity contribution is -0.138. The second-order valence-corrected chi connectivity index (χ2v) is 6.62. The van der Waals surface area contributed by atoms with E-state index in [0.29, 0.717) is 5.56 Å². The van der Waals surface area contributed by atoms with Crippen molar-refractivity contribution in [3.05, 3.63) is 35.6 Å². The molecule has 0 heterocycles. The fourth-order valence-electron chi connectivity index (χ4n) is 2.12. The van der Waals surface area contributed by atoms with E-state index in [4.69, 9.17) is 5.73 Å².